The Balaban J connectivity index is 2.14. The molecule has 0 spiro atoms. The van der Waals surface area contributed by atoms with Crippen LogP contribution in [0.25, 0.3) is 0 Å². The van der Waals surface area contributed by atoms with Gasteiger partial charge < -0.3 is 10.5 Å². The summed E-state index contributed by atoms with van der Waals surface area (Å²) in [6.07, 6.45) is 5.80. The van der Waals surface area contributed by atoms with Crippen molar-refractivity contribution in [3.63, 3.8) is 0 Å². The molecule has 19 heavy (non-hydrogen) atoms. The highest BCUT2D eigenvalue weighted by atomic mass is 32.1. The van der Waals surface area contributed by atoms with Crippen LogP contribution in [0.4, 0.5) is 4.39 Å². The van der Waals surface area contributed by atoms with Crippen LogP contribution in [-0.2, 0) is 0 Å². The molecule has 0 amide bonds. The lowest BCUT2D eigenvalue weighted by Crippen LogP contribution is -2.26. The second kappa shape index (κ2) is 6.33. The van der Waals surface area contributed by atoms with Crippen LogP contribution in [0.15, 0.2) is 18.2 Å². The van der Waals surface area contributed by atoms with Gasteiger partial charge in [0.2, 0.25) is 0 Å². The predicted octanol–water partition coefficient (Wildman–Crippen LogP) is 3.81. The van der Waals surface area contributed by atoms with Crippen molar-refractivity contribution in [3.05, 3.63) is 29.6 Å². The molecule has 0 radical (unpaired) electrons. The lowest BCUT2D eigenvalue weighted by atomic mass is 9.85. The third-order valence-corrected chi connectivity index (χ3v) is 4.03. The van der Waals surface area contributed by atoms with Crippen molar-refractivity contribution in [3.8, 4) is 5.75 Å². The Labute approximate surface area is 119 Å². The Morgan fingerprint density at radius 1 is 1.47 bits per heavy atom. The van der Waals surface area contributed by atoms with E-state index in [9.17, 15) is 4.39 Å². The summed E-state index contributed by atoms with van der Waals surface area (Å²) in [5.74, 6) is 0.780. The van der Waals surface area contributed by atoms with Gasteiger partial charge in [0.1, 0.15) is 16.6 Å². The predicted molar refractivity (Wildman–Crippen MR) is 79.0 cm³/mol. The van der Waals surface area contributed by atoms with Gasteiger partial charge in [-0.25, -0.2) is 4.39 Å². The van der Waals surface area contributed by atoms with Crippen molar-refractivity contribution < 1.29 is 9.13 Å². The lowest BCUT2D eigenvalue weighted by molar-refractivity contribution is 0.121. The first-order valence-electron chi connectivity index (χ1n) is 6.86. The molecular formula is C15H20FNOS. The largest absolute Gasteiger partial charge is 0.490 e. The zero-order chi connectivity index (χ0) is 13.8. The molecule has 0 bridgehead atoms. The summed E-state index contributed by atoms with van der Waals surface area (Å²) in [4.78, 5) is 0.0518. The highest BCUT2D eigenvalue weighted by Crippen LogP contribution is 2.31. The molecule has 0 aromatic heterocycles. The Morgan fingerprint density at radius 3 is 2.95 bits per heavy atom. The Bertz CT molecular complexity index is 463. The van der Waals surface area contributed by atoms with E-state index in [0.717, 1.165) is 12.8 Å². The van der Waals surface area contributed by atoms with Gasteiger partial charge in [-0.1, -0.05) is 38.0 Å². The molecule has 0 saturated heterocycles. The normalized spacial score (nSPS) is 23.1. The molecule has 1 aromatic rings. The minimum Gasteiger partial charge on any atom is -0.490 e. The number of benzene rings is 1. The van der Waals surface area contributed by atoms with Gasteiger partial charge in [0.15, 0.2) is 0 Å². The number of ether oxygens (including phenoxy) is 1. The van der Waals surface area contributed by atoms with E-state index in [0.29, 0.717) is 11.7 Å². The van der Waals surface area contributed by atoms with Crippen molar-refractivity contribution >= 4 is 17.2 Å². The van der Waals surface area contributed by atoms with Crippen LogP contribution >= 0.6 is 12.2 Å². The van der Waals surface area contributed by atoms with Gasteiger partial charge in [0, 0.05) is 0 Å². The molecule has 2 rings (SSSR count). The summed E-state index contributed by atoms with van der Waals surface area (Å²) in [5, 5.41) is 0. The summed E-state index contributed by atoms with van der Waals surface area (Å²) in [6, 6.07) is 4.73. The van der Waals surface area contributed by atoms with Crippen LogP contribution in [0, 0.1) is 11.7 Å². The second-order valence-corrected chi connectivity index (χ2v) is 5.60. The van der Waals surface area contributed by atoms with E-state index in [2.05, 4.69) is 6.92 Å². The van der Waals surface area contributed by atoms with Gasteiger partial charge in [-0.05, 0) is 37.3 Å². The van der Waals surface area contributed by atoms with Gasteiger partial charge in [0.05, 0.1) is 11.7 Å². The molecule has 1 aromatic carbocycles. The molecule has 2 N–H and O–H groups in total. The third kappa shape index (κ3) is 3.44. The van der Waals surface area contributed by atoms with E-state index in [4.69, 9.17) is 22.7 Å². The van der Waals surface area contributed by atoms with E-state index in [1.165, 1.54) is 25.3 Å². The fraction of sp³-hybridized carbons (Fsp3) is 0.533. The summed E-state index contributed by atoms with van der Waals surface area (Å²) in [7, 11) is 0. The molecular weight excluding hydrogens is 261 g/mol. The van der Waals surface area contributed by atoms with Crippen LogP contribution in [-0.4, -0.2) is 11.1 Å². The van der Waals surface area contributed by atoms with Crippen LogP contribution < -0.4 is 10.5 Å². The zero-order valence-electron chi connectivity index (χ0n) is 11.2. The topological polar surface area (TPSA) is 35.2 Å². The van der Waals surface area contributed by atoms with Gasteiger partial charge in [-0.2, -0.15) is 0 Å². The highest BCUT2D eigenvalue weighted by Gasteiger charge is 2.23. The first-order valence-corrected chi connectivity index (χ1v) is 7.27. The smallest absolute Gasteiger partial charge is 0.137 e. The Kier molecular flexibility index (Phi) is 4.75. The van der Waals surface area contributed by atoms with Gasteiger partial charge in [-0.3, -0.25) is 0 Å². The monoisotopic (exact) mass is 281 g/mol. The van der Waals surface area contributed by atoms with Crippen LogP contribution in [0.1, 0.15) is 44.6 Å². The number of halogens is 1. The number of rotatable bonds is 4. The first kappa shape index (κ1) is 14.3. The molecule has 0 heterocycles. The first-order chi connectivity index (χ1) is 9.11. The maximum Gasteiger partial charge on any atom is 0.137 e. The second-order valence-electron chi connectivity index (χ2n) is 5.16. The van der Waals surface area contributed by atoms with Crippen molar-refractivity contribution in [1.29, 1.82) is 0 Å². The average Bonchev–Trinajstić information content (AvgIpc) is 2.38. The molecule has 0 aliphatic heterocycles. The Morgan fingerprint density at radius 2 is 2.26 bits per heavy atom. The number of hydrogen-bond donors (Lipinski definition) is 1. The van der Waals surface area contributed by atoms with Gasteiger partial charge in [-0.15, -0.1) is 0 Å². The summed E-state index contributed by atoms with van der Waals surface area (Å²) in [6.45, 7) is 2.20. The maximum absolute atomic E-state index is 13.8. The van der Waals surface area contributed by atoms with E-state index in [-0.39, 0.29) is 16.7 Å². The number of nitrogens with two attached hydrogens (primary N) is 1. The average molecular weight is 281 g/mol. The van der Waals surface area contributed by atoms with Gasteiger partial charge >= 0.3 is 0 Å². The fourth-order valence-corrected chi connectivity index (χ4v) is 2.94. The van der Waals surface area contributed by atoms with Gasteiger partial charge in [0.25, 0.3) is 0 Å². The number of hydrogen-bond acceptors (Lipinski definition) is 2. The summed E-state index contributed by atoms with van der Waals surface area (Å²) in [5.41, 5.74) is 5.82. The molecule has 2 atom stereocenters. The molecule has 104 valence electrons. The maximum atomic E-state index is 13.8. The molecule has 4 heteroatoms. The van der Waals surface area contributed by atoms with Crippen molar-refractivity contribution in [1.82, 2.24) is 0 Å². The third-order valence-electron chi connectivity index (χ3n) is 3.83. The van der Waals surface area contributed by atoms with Crippen molar-refractivity contribution in [2.24, 2.45) is 11.7 Å². The van der Waals surface area contributed by atoms with Crippen LogP contribution in [0.2, 0.25) is 0 Å². The molecule has 1 aliphatic carbocycles. The highest BCUT2D eigenvalue weighted by molar-refractivity contribution is 7.80. The lowest BCUT2D eigenvalue weighted by Gasteiger charge is -2.29. The molecule has 2 unspecified atom stereocenters. The van der Waals surface area contributed by atoms with E-state index >= 15 is 0 Å². The van der Waals surface area contributed by atoms with Crippen LogP contribution in [0.3, 0.4) is 0 Å². The Hall–Kier alpha value is -1.16. The SMILES string of the molecule is CCC1CCCC(Oc2cccc(F)c2C(N)=S)C1. The van der Waals surface area contributed by atoms with E-state index < -0.39 is 5.82 Å². The van der Waals surface area contributed by atoms with E-state index in [1.807, 2.05) is 0 Å². The summed E-state index contributed by atoms with van der Waals surface area (Å²) < 4.78 is 19.7. The number of thiocarbonyl (C=S) groups is 1. The molecule has 1 aliphatic rings. The minimum absolute atomic E-state index is 0.0518. The minimum atomic E-state index is -0.409. The standard InChI is InChI=1S/C15H20FNOS/c1-2-10-5-3-6-11(9-10)18-13-8-4-7-12(16)14(13)15(17)19/h4,7-8,10-11H,2-3,5-6,9H2,1H3,(H2,17,19). The molecule has 1 saturated carbocycles. The van der Waals surface area contributed by atoms with Crippen molar-refractivity contribution in [2.45, 2.75) is 45.1 Å². The molecule has 1 fully saturated rings. The fourth-order valence-electron chi connectivity index (χ4n) is 2.74. The summed E-state index contributed by atoms with van der Waals surface area (Å²) >= 11 is 4.91. The van der Waals surface area contributed by atoms with E-state index in [1.54, 1.807) is 12.1 Å². The van der Waals surface area contributed by atoms with Crippen molar-refractivity contribution in [2.75, 3.05) is 0 Å². The quantitative estimate of drug-likeness (QED) is 0.852. The molecule has 2 nitrogen and oxygen atoms in total. The zero-order valence-corrected chi connectivity index (χ0v) is 12.0. The van der Waals surface area contributed by atoms with Crippen LogP contribution in [0.5, 0.6) is 5.75 Å².